The summed E-state index contributed by atoms with van der Waals surface area (Å²) in [6, 6.07) is 6.11. The highest BCUT2D eigenvalue weighted by Crippen LogP contribution is 2.35. The maximum atomic E-state index is 13.7. The summed E-state index contributed by atoms with van der Waals surface area (Å²) in [5.41, 5.74) is 1.02. The van der Waals surface area contributed by atoms with Crippen LogP contribution in [0.2, 0.25) is 5.15 Å². The van der Waals surface area contributed by atoms with E-state index in [4.69, 9.17) is 21.3 Å². The lowest BCUT2D eigenvalue weighted by atomic mass is 10.0. The monoisotopic (exact) mass is 534 g/mol. The third-order valence-electron chi connectivity index (χ3n) is 6.14. The highest BCUT2D eigenvalue weighted by Gasteiger charge is 2.35. The molecule has 4 heterocycles. The third-order valence-corrected chi connectivity index (χ3v) is 6.36. The van der Waals surface area contributed by atoms with Crippen LogP contribution in [0.3, 0.4) is 0 Å². The lowest BCUT2D eigenvalue weighted by molar-refractivity contribution is -0.140. The largest absolute Gasteiger partial charge is 0.476 e. The Morgan fingerprint density at radius 3 is 2.59 bits per heavy atom. The van der Waals surface area contributed by atoms with Gasteiger partial charge >= 0.3 is 12.1 Å². The van der Waals surface area contributed by atoms with Crippen molar-refractivity contribution in [1.29, 1.82) is 0 Å². The summed E-state index contributed by atoms with van der Waals surface area (Å²) in [4.78, 5) is 26.3. The van der Waals surface area contributed by atoms with Crippen LogP contribution in [0.4, 0.5) is 24.8 Å². The molecule has 0 amide bonds. The molecule has 0 aliphatic carbocycles. The van der Waals surface area contributed by atoms with Crippen LogP contribution in [0.5, 0.6) is 0 Å². The molecular formula is C24H22ClF3N6O3. The van der Waals surface area contributed by atoms with Crippen LogP contribution < -0.4 is 10.2 Å². The van der Waals surface area contributed by atoms with Crippen LogP contribution in [-0.4, -0.2) is 56.7 Å². The van der Waals surface area contributed by atoms with Gasteiger partial charge in [0, 0.05) is 30.2 Å². The van der Waals surface area contributed by atoms with E-state index in [2.05, 4.69) is 15.3 Å². The molecule has 3 aromatic heterocycles. The molecule has 1 fully saturated rings. The summed E-state index contributed by atoms with van der Waals surface area (Å²) in [6.07, 6.45) is -3.66. The summed E-state index contributed by atoms with van der Waals surface area (Å²) in [6.45, 7) is 5.38. The van der Waals surface area contributed by atoms with Crippen molar-refractivity contribution in [1.82, 2.24) is 19.4 Å². The molecule has 194 valence electrons. The molecule has 4 aromatic rings. The number of carbonyl (C=O) groups is 1. The van der Waals surface area contributed by atoms with Gasteiger partial charge in [-0.3, -0.25) is 4.40 Å². The fourth-order valence-corrected chi connectivity index (χ4v) is 4.61. The molecule has 0 radical (unpaired) electrons. The molecule has 9 nitrogen and oxygen atoms in total. The van der Waals surface area contributed by atoms with Crippen LogP contribution in [0.25, 0.3) is 16.6 Å². The number of nitrogens with one attached hydrogen (secondary N) is 1. The quantitative estimate of drug-likeness (QED) is 0.346. The Balaban J connectivity index is 1.71. The van der Waals surface area contributed by atoms with Gasteiger partial charge in [0.1, 0.15) is 10.8 Å². The van der Waals surface area contributed by atoms with E-state index in [0.29, 0.717) is 48.7 Å². The number of aromatic nitrogens is 4. The van der Waals surface area contributed by atoms with Gasteiger partial charge in [-0.2, -0.15) is 13.2 Å². The molecular weight excluding hydrogens is 513 g/mol. The average molecular weight is 535 g/mol. The Kier molecular flexibility index (Phi) is 6.32. The minimum Gasteiger partial charge on any atom is -0.476 e. The maximum Gasteiger partial charge on any atom is 0.434 e. The van der Waals surface area contributed by atoms with Crippen molar-refractivity contribution >= 4 is 45.8 Å². The summed E-state index contributed by atoms with van der Waals surface area (Å²) in [5.74, 6) is -0.928. The van der Waals surface area contributed by atoms with Crippen molar-refractivity contribution in [3.8, 4) is 0 Å². The van der Waals surface area contributed by atoms with Crippen molar-refractivity contribution in [2.24, 2.45) is 0 Å². The second-order valence-corrected chi connectivity index (χ2v) is 9.17. The van der Waals surface area contributed by atoms with Crippen molar-refractivity contribution in [2.75, 3.05) is 36.5 Å². The number of anilines is 2. The molecule has 37 heavy (non-hydrogen) atoms. The molecule has 0 bridgehead atoms. The van der Waals surface area contributed by atoms with Crippen molar-refractivity contribution in [3.63, 3.8) is 0 Å². The van der Waals surface area contributed by atoms with Gasteiger partial charge in [0.2, 0.25) is 5.95 Å². The molecule has 1 unspecified atom stereocenters. The zero-order valence-corrected chi connectivity index (χ0v) is 20.6. The number of rotatable bonds is 5. The maximum absolute atomic E-state index is 13.7. The number of aryl methyl sites for hydroxylation is 1. The summed E-state index contributed by atoms with van der Waals surface area (Å²) < 4.78 is 47.8. The number of hydrogen-bond donors (Lipinski definition) is 2. The van der Waals surface area contributed by atoms with E-state index < -0.39 is 23.9 Å². The average Bonchev–Trinajstić information content (AvgIpc) is 3.31. The number of benzene rings is 1. The van der Waals surface area contributed by atoms with E-state index in [1.54, 1.807) is 13.0 Å². The first-order valence-electron chi connectivity index (χ1n) is 11.4. The molecule has 0 saturated carbocycles. The number of pyridine rings is 1. The first-order chi connectivity index (χ1) is 17.5. The van der Waals surface area contributed by atoms with Gasteiger partial charge in [-0.15, -0.1) is 0 Å². The van der Waals surface area contributed by atoms with Crippen LogP contribution >= 0.6 is 11.6 Å². The van der Waals surface area contributed by atoms with Gasteiger partial charge < -0.3 is 20.1 Å². The number of morpholine rings is 1. The normalized spacial score (nSPS) is 15.4. The molecule has 0 spiro atoms. The number of alkyl halides is 3. The highest BCUT2D eigenvalue weighted by molar-refractivity contribution is 6.29. The predicted molar refractivity (Wildman–Crippen MR) is 132 cm³/mol. The topological polar surface area (TPSA) is 105 Å². The van der Waals surface area contributed by atoms with E-state index in [0.717, 1.165) is 11.8 Å². The second-order valence-electron chi connectivity index (χ2n) is 8.78. The van der Waals surface area contributed by atoms with Crippen LogP contribution in [-0.2, 0) is 10.9 Å². The number of halogens is 4. The van der Waals surface area contributed by atoms with Gasteiger partial charge in [-0.1, -0.05) is 17.7 Å². The van der Waals surface area contributed by atoms with Crippen molar-refractivity contribution in [2.45, 2.75) is 26.1 Å². The van der Waals surface area contributed by atoms with Gasteiger partial charge in [-0.05, 0) is 37.6 Å². The second kappa shape index (κ2) is 9.34. The molecule has 1 saturated heterocycles. The summed E-state index contributed by atoms with van der Waals surface area (Å²) in [5, 5.41) is 13.2. The number of hydrogen-bond acceptors (Lipinski definition) is 7. The van der Waals surface area contributed by atoms with Crippen molar-refractivity contribution < 1.29 is 27.8 Å². The van der Waals surface area contributed by atoms with E-state index in [1.807, 2.05) is 17.9 Å². The SMILES string of the molecule is Cc1cc(C(C)Nc2ccc(Cl)nc2C(=O)O)c2nc(N3CCOCC3)n3cc(C(F)(F)F)nc3c2c1. The molecule has 1 aromatic carbocycles. The fourth-order valence-electron chi connectivity index (χ4n) is 4.46. The molecule has 1 atom stereocenters. The molecule has 1 aliphatic rings. The van der Waals surface area contributed by atoms with Gasteiger partial charge in [-0.25, -0.2) is 19.7 Å². The summed E-state index contributed by atoms with van der Waals surface area (Å²) >= 11 is 5.88. The number of carboxylic acids is 1. The number of carboxylic acid groups (broad SMARTS) is 1. The summed E-state index contributed by atoms with van der Waals surface area (Å²) in [7, 11) is 0. The Bertz CT molecular complexity index is 1520. The fraction of sp³-hybridized carbons (Fsp3) is 0.333. The molecule has 13 heteroatoms. The minimum atomic E-state index is -4.63. The molecule has 1 aliphatic heterocycles. The van der Waals surface area contributed by atoms with Crippen LogP contribution in [0.1, 0.15) is 40.3 Å². The Morgan fingerprint density at radius 1 is 1.19 bits per heavy atom. The number of imidazole rings is 1. The van der Waals surface area contributed by atoms with Gasteiger partial charge in [0.25, 0.3) is 0 Å². The highest BCUT2D eigenvalue weighted by atomic mass is 35.5. The Hall–Kier alpha value is -3.64. The Morgan fingerprint density at radius 2 is 1.92 bits per heavy atom. The first kappa shape index (κ1) is 25.0. The van der Waals surface area contributed by atoms with Gasteiger partial charge in [0.05, 0.1) is 30.5 Å². The van der Waals surface area contributed by atoms with Gasteiger partial charge in [0.15, 0.2) is 11.4 Å². The number of fused-ring (bicyclic) bond motifs is 3. The Labute approximate surface area is 213 Å². The van der Waals surface area contributed by atoms with E-state index >= 15 is 0 Å². The third kappa shape index (κ3) is 4.74. The van der Waals surface area contributed by atoms with Crippen LogP contribution in [0.15, 0.2) is 30.5 Å². The smallest absolute Gasteiger partial charge is 0.434 e. The number of aromatic carboxylic acids is 1. The number of ether oxygens (including phenoxy) is 1. The first-order valence-corrected chi connectivity index (χ1v) is 11.8. The lowest BCUT2D eigenvalue weighted by Crippen LogP contribution is -2.38. The van der Waals surface area contributed by atoms with E-state index in [9.17, 15) is 23.1 Å². The standard InChI is InChI=1S/C24H22ClF3N6O3/c1-12-9-14(13(2)29-16-3-4-18(25)31-20(16)22(35)36)19-15(10-12)21-30-17(24(26,27)28)11-34(21)23(32-19)33-5-7-37-8-6-33/h3-4,9-11,13,29H,5-8H2,1-2H3,(H,35,36). The lowest BCUT2D eigenvalue weighted by Gasteiger charge is -2.29. The van der Waals surface area contributed by atoms with Crippen LogP contribution in [0, 0.1) is 6.92 Å². The van der Waals surface area contributed by atoms with E-state index in [1.165, 1.54) is 16.5 Å². The molecule has 5 rings (SSSR count). The van der Waals surface area contributed by atoms with Crippen molar-refractivity contribution in [3.05, 3.63) is 58.1 Å². The predicted octanol–water partition coefficient (Wildman–Crippen LogP) is 4.97. The molecule has 2 N–H and O–H groups in total. The number of nitrogens with zero attached hydrogens (tertiary/aromatic N) is 5. The van der Waals surface area contributed by atoms with E-state index in [-0.39, 0.29) is 22.2 Å². The zero-order chi connectivity index (χ0) is 26.5. The zero-order valence-electron chi connectivity index (χ0n) is 19.8. The minimum absolute atomic E-state index is 0.0376.